The number of nitrogens with zero attached hydrogens (tertiary/aromatic N) is 3. The molecule has 4 rings (SSSR count). The molecule has 0 fully saturated rings. The van der Waals surface area contributed by atoms with Crippen molar-refractivity contribution < 1.29 is 14.3 Å². The van der Waals surface area contributed by atoms with Crippen LogP contribution in [-0.2, 0) is 7.05 Å². The summed E-state index contributed by atoms with van der Waals surface area (Å²) in [6.45, 7) is 5.44. The Bertz CT molecular complexity index is 1300. The molecule has 0 atom stereocenters. The summed E-state index contributed by atoms with van der Waals surface area (Å²) in [5.74, 6) is 3.00. The summed E-state index contributed by atoms with van der Waals surface area (Å²) in [5, 5.41) is 12.5. The number of carbonyl (C=O) groups is 1. The first kappa shape index (κ1) is 26.3. The maximum Gasteiger partial charge on any atom is 0.255 e. The molecule has 0 aliphatic carbocycles. The van der Waals surface area contributed by atoms with Crippen LogP contribution in [0.4, 0.5) is 5.69 Å². The SMILES string of the molecule is CCCCOc1ccc(C(=O)Nc2ccc(-c3nnc(SCCOc4cccc(C)c4)n3C)cc2)cc1. The van der Waals surface area contributed by atoms with Gasteiger partial charge in [-0.2, -0.15) is 0 Å². The summed E-state index contributed by atoms with van der Waals surface area (Å²) in [5.41, 5.74) is 3.38. The molecule has 0 bridgehead atoms. The minimum atomic E-state index is -0.168. The van der Waals surface area contributed by atoms with Crippen LogP contribution in [0.1, 0.15) is 35.7 Å². The van der Waals surface area contributed by atoms with Crippen LogP contribution in [0.25, 0.3) is 11.4 Å². The van der Waals surface area contributed by atoms with Gasteiger partial charge >= 0.3 is 0 Å². The number of nitrogens with one attached hydrogen (secondary N) is 1. The van der Waals surface area contributed by atoms with E-state index in [2.05, 4.69) is 22.4 Å². The average molecular weight is 517 g/mol. The van der Waals surface area contributed by atoms with Crippen LogP contribution >= 0.6 is 11.8 Å². The molecule has 4 aromatic rings. The number of rotatable bonds is 12. The molecule has 0 radical (unpaired) electrons. The molecular weight excluding hydrogens is 484 g/mol. The second kappa shape index (κ2) is 13.0. The average Bonchev–Trinajstić information content (AvgIpc) is 3.27. The first-order valence-corrected chi connectivity index (χ1v) is 13.4. The molecule has 37 heavy (non-hydrogen) atoms. The topological polar surface area (TPSA) is 78.3 Å². The molecule has 0 aliphatic rings. The van der Waals surface area contributed by atoms with E-state index in [4.69, 9.17) is 9.47 Å². The standard InChI is InChI=1S/C29H32N4O3S/c1-4-5-17-35-25-15-11-23(12-16-25)28(34)30-24-13-9-22(10-14-24)27-31-32-29(33(27)3)37-19-18-36-26-8-6-7-21(2)20-26/h6-16,20H,4-5,17-19H2,1-3H3,(H,30,34). The van der Waals surface area contributed by atoms with Gasteiger partial charge in [-0.15, -0.1) is 10.2 Å². The van der Waals surface area contributed by atoms with Crippen molar-refractivity contribution in [2.75, 3.05) is 24.3 Å². The minimum absolute atomic E-state index is 0.168. The summed E-state index contributed by atoms with van der Waals surface area (Å²) in [4.78, 5) is 12.6. The molecule has 0 aliphatic heterocycles. The van der Waals surface area contributed by atoms with E-state index in [0.29, 0.717) is 24.5 Å². The van der Waals surface area contributed by atoms with Crippen molar-refractivity contribution in [2.45, 2.75) is 31.8 Å². The third-order valence-electron chi connectivity index (χ3n) is 5.69. The van der Waals surface area contributed by atoms with E-state index in [1.165, 1.54) is 5.56 Å². The molecule has 7 nitrogen and oxygen atoms in total. The summed E-state index contributed by atoms with van der Waals surface area (Å²) < 4.78 is 13.5. The molecule has 1 aromatic heterocycles. The number of amides is 1. The van der Waals surface area contributed by atoms with E-state index < -0.39 is 0 Å². The zero-order chi connectivity index (χ0) is 26.0. The normalized spacial score (nSPS) is 10.8. The van der Waals surface area contributed by atoms with Crippen molar-refractivity contribution in [3.05, 3.63) is 83.9 Å². The predicted molar refractivity (Wildman–Crippen MR) is 149 cm³/mol. The third-order valence-corrected chi connectivity index (χ3v) is 6.68. The fourth-order valence-electron chi connectivity index (χ4n) is 3.63. The maximum atomic E-state index is 12.6. The largest absolute Gasteiger partial charge is 0.494 e. The summed E-state index contributed by atoms with van der Waals surface area (Å²) in [6.07, 6.45) is 2.09. The number of hydrogen-bond acceptors (Lipinski definition) is 6. The Hall–Kier alpha value is -3.78. The van der Waals surface area contributed by atoms with E-state index in [-0.39, 0.29) is 5.91 Å². The summed E-state index contributed by atoms with van der Waals surface area (Å²) in [7, 11) is 1.95. The number of aryl methyl sites for hydroxylation is 1. The van der Waals surface area contributed by atoms with Crippen molar-refractivity contribution >= 4 is 23.4 Å². The van der Waals surface area contributed by atoms with Gasteiger partial charge in [-0.1, -0.05) is 37.2 Å². The molecule has 1 amide bonds. The molecule has 0 saturated carbocycles. The number of thioether (sulfide) groups is 1. The highest BCUT2D eigenvalue weighted by Gasteiger charge is 2.12. The van der Waals surface area contributed by atoms with Gasteiger partial charge in [-0.25, -0.2) is 0 Å². The van der Waals surface area contributed by atoms with E-state index >= 15 is 0 Å². The number of unbranched alkanes of at least 4 members (excludes halogenated alkanes) is 1. The number of benzene rings is 3. The Morgan fingerprint density at radius 3 is 2.43 bits per heavy atom. The van der Waals surface area contributed by atoms with E-state index in [1.807, 2.05) is 79.2 Å². The monoisotopic (exact) mass is 516 g/mol. The Balaban J connectivity index is 1.29. The van der Waals surface area contributed by atoms with E-state index in [1.54, 1.807) is 23.9 Å². The number of ether oxygens (including phenoxy) is 2. The fraction of sp³-hybridized carbons (Fsp3) is 0.276. The molecular formula is C29H32N4O3S. The van der Waals surface area contributed by atoms with Gasteiger partial charge in [-0.3, -0.25) is 4.79 Å². The van der Waals surface area contributed by atoms with Crippen molar-refractivity contribution in [2.24, 2.45) is 7.05 Å². The van der Waals surface area contributed by atoms with Crippen LogP contribution in [0.5, 0.6) is 11.5 Å². The highest BCUT2D eigenvalue weighted by Crippen LogP contribution is 2.24. The van der Waals surface area contributed by atoms with Crippen molar-refractivity contribution in [1.29, 1.82) is 0 Å². The highest BCUT2D eigenvalue weighted by atomic mass is 32.2. The van der Waals surface area contributed by atoms with Gasteiger partial charge in [0, 0.05) is 29.6 Å². The van der Waals surface area contributed by atoms with Crippen LogP contribution in [-0.4, -0.2) is 39.6 Å². The highest BCUT2D eigenvalue weighted by molar-refractivity contribution is 7.99. The first-order valence-electron chi connectivity index (χ1n) is 12.4. The lowest BCUT2D eigenvalue weighted by atomic mass is 10.1. The molecule has 1 N–H and O–H groups in total. The maximum absolute atomic E-state index is 12.6. The molecule has 8 heteroatoms. The second-order valence-corrected chi connectivity index (χ2v) is 9.70. The molecule has 0 spiro atoms. The van der Waals surface area contributed by atoms with Crippen LogP contribution < -0.4 is 14.8 Å². The molecule has 3 aromatic carbocycles. The molecule has 0 unspecified atom stereocenters. The molecule has 0 saturated heterocycles. The Morgan fingerprint density at radius 1 is 0.946 bits per heavy atom. The van der Waals surface area contributed by atoms with Gasteiger partial charge < -0.3 is 19.4 Å². The van der Waals surface area contributed by atoms with Gasteiger partial charge in [-0.05, 0) is 79.6 Å². The molecule has 1 heterocycles. The lowest BCUT2D eigenvalue weighted by Crippen LogP contribution is -2.11. The number of hydrogen-bond donors (Lipinski definition) is 1. The van der Waals surface area contributed by atoms with Crippen LogP contribution in [0.3, 0.4) is 0 Å². The van der Waals surface area contributed by atoms with Crippen molar-refractivity contribution in [1.82, 2.24) is 14.8 Å². The Labute approximate surface area is 222 Å². The van der Waals surface area contributed by atoms with Crippen LogP contribution in [0.15, 0.2) is 78.0 Å². The van der Waals surface area contributed by atoms with Crippen molar-refractivity contribution in [3.63, 3.8) is 0 Å². The van der Waals surface area contributed by atoms with Gasteiger partial charge in [0.05, 0.1) is 13.2 Å². The van der Waals surface area contributed by atoms with E-state index in [0.717, 1.165) is 46.6 Å². The smallest absolute Gasteiger partial charge is 0.255 e. The quantitative estimate of drug-likeness (QED) is 0.174. The lowest BCUT2D eigenvalue weighted by Gasteiger charge is -2.09. The summed E-state index contributed by atoms with van der Waals surface area (Å²) >= 11 is 1.60. The van der Waals surface area contributed by atoms with Crippen LogP contribution in [0, 0.1) is 6.92 Å². The fourth-order valence-corrected chi connectivity index (χ4v) is 4.36. The predicted octanol–water partition coefficient (Wildman–Crippen LogP) is 6.39. The Morgan fingerprint density at radius 2 is 1.70 bits per heavy atom. The number of anilines is 1. The zero-order valence-corrected chi connectivity index (χ0v) is 22.3. The minimum Gasteiger partial charge on any atom is -0.494 e. The first-order chi connectivity index (χ1) is 18.0. The Kier molecular flexibility index (Phi) is 9.21. The second-order valence-electron chi connectivity index (χ2n) is 8.64. The number of carbonyl (C=O) groups excluding carboxylic acids is 1. The van der Waals surface area contributed by atoms with Gasteiger partial charge in [0.15, 0.2) is 11.0 Å². The molecule has 192 valence electrons. The van der Waals surface area contributed by atoms with Gasteiger partial charge in [0.25, 0.3) is 5.91 Å². The van der Waals surface area contributed by atoms with Crippen molar-refractivity contribution in [3.8, 4) is 22.9 Å². The summed E-state index contributed by atoms with van der Waals surface area (Å²) in [6, 6.07) is 22.8. The zero-order valence-electron chi connectivity index (χ0n) is 21.4. The van der Waals surface area contributed by atoms with Gasteiger partial charge in [0.2, 0.25) is 0 Å². The van der Waals surface area contributed by atoms with Crippen LogP contribution in [0.2, 0.25) is 0 Å². The lowest BCUT2D eigenvalue weighted by molar-refractivity contribution is 0.102. The van der Waals surface area contributed by atoms with Gasteiger partial charge in [0.1, 0.15) is 11.5 Å². The third kappa shape index (κ3) is 7.36. The number of aromatic nitrogens is 3. The van der Waals surface area contributed by atoms with E-state index in [9.17, 15) is 4.79 Å².